The lowest BCUT2D eigenvalue weighted by atomic mass is 10.1. The van der Waals surface area contributed by atoms with Gasteiger partial charge in [-0.1, -0.05) is 12.1 Å². The molecule has 1 aromatic heterocycles. The van der Waals surface area contributed by atoms with Gasteiger partial charge in [0.2, 0.25) is 0 Å². The average molecular weight is 336 g/mol. The molecule has 1 aromatic carbocycles. The first-order valence-corrected chi connectivity index (χ1v) is 9.30. The molecule has 0 atom stereocenters. The molecule has 5 heteroatoms. The molecule has 0 radical (unpaired) electrons. The number of likely N-dealkylation sites (tertiary alicyclic amines) is 1. The molecular formula is C20H24N4O. The van der Waals surface area contributed by atoms with E-state index in [2.05, 4.69) is 21.2 Å². The first-order valence-electron chi connectivity index (χ1n) is 9.30. The topological polar surface area (TPSA) is 49.3 Å². The number of aromatic nitrogens is 2. The van der Waals surface area contributed by atoms with Gasteiger partial charge in [0.15, 0.2) is 5.82 Å². The molecule has 0 unspecified atom stereocenters. The minimum atomic E-state index is 0.135. The van der Waals surface area contributed by atoms with Crippen molar-refractivity contribution in [2.75, 3.05) is 31.1 Å². The first-order chi connectivity index (χ1) is 12.3. The fraction of sp³-hybridized carbons (Fsp3) is 0.450. The highest BCUT2D eigenvalue weighted by atomic mass is 16.2. The number of hydrogen-bond acceptors (Lipinski definition) is 4. The van der Waals surface area contributed by atoms with Crippen molar-refractivity contribution in [3.63, 3.8) is 0 Å². The summed E-state index contributed by atoms with van der Waals surface area (Å²) in [7, 11) is 0. The van der Waals surface area contributed by atoms with Crippen LogP contribution in [0.1, 0.15) is 42.5 Å². The third-order valence-corrected chi connectivity index (χ3v) is 5.15. The summed E-state index contributed by atoms with van der Waals surface area (Å²) in [6.07, 6.45) is 6.00. The summed E-state index contributed by atoms with van der Waals surface area (Å²) < 4.78 is 0. The van der Waals surface area contributed by atoms with E-state index in [-0.39, 0.29) is 5.91 Å². The Labute approximate surface area is 148 Å². The van der Waals surface area contributed by atoms with Gasteiger partial charge in [-0.15, -0.1) is 10.2 Å². The summed E-state index contributed by atoms with van der Waals surface area (Å²) in [6, 6.07) is 11.8. The molecule has 3 heterocycles. The van der Waals surface area contributed by atoms with Gasteiger partial charge in [0.25, 0.3) is 5.91 Å². The Hall–Kier alpha value is -2.43. The minimum absolute atomic E-state index is 0.135. The molecule has 0 N–H and O–H groups in total. The predicted octanol–water partition coefficient (Wildman–Crippen LogP) is 3.37. The van der Waals surface area contributed by atoms with E-state index in [1.165, 1.54) is 19.3 Å². The zero-order chi connectivity index (χ0) is 17.1. The van der Waals surface area contributed by atoms with Gasteiger partial charge in [0.1, 0.15) is 0 Å². The lowest BCUT2D eigenvalue weighted by molar-refractivity contribution is 0.0793. The van der Waals surface area contributed by atoms with Gasteiger partial charge in [-0.2, -0.15) is 0 Å². The summed E-state index contributed by atoms with van der Waals surface area (Å²) >= 11 is 0. The third kappa shape index (κ3) is 3.50. The maximum absolute atomic E-state index is 12.4. The number of rotatable bonds is 3. The second-order valence-electron chi connectivity index (χ2n) is 6.90. The molecule has 2 aromatic rings. The van der Waals surface area contributed by atoms with Crippen molar-refractivity contribution in [3.8, 4) is 11.3 Å². The number of hydrogen-bond donors (Lipinski definition) is 0. The van der Waals surface area contributed by atoms with Crippen LogP contribution in [0.25, 0.3) is 11.3 Å². The molecule has 5 nitrogen and oxygen atoms in total. The summed E-state index contributed by atoms with van der Waals surface area (Å²) in [5.41, 5.74) is 2.60. The SMILES string of the molecule is O=C(c1ccc(-c2ccc(N3CCCCC3)nn2)cc1)N1CCCC1. The monoisotopic (exact) mass is 336 g/mol. The van der Waals surface area contributed by atoms with Crippen molar-refractivity contribution < 1.29 is 4.79 Å². The molecule has 0 saturated carbocycles. The Morgan fingerprint density at radius 2 is 1.44 bits per heavy atom. The van der Waals surface area contributed by atoms with Crippen LogP contribution in [0.3, 0.4) is 0 Å². The molecule has 130 valence electrons. The molecule has 2 fully saturated rings. The van der Waals surface area contributed by atoms with E-state index in [1.807, 2.05) is 35.2 Å². The fourth-order valence-electron chi connectivity index (χ4n) is 3.66. The van der Waals surface area contributed by atoms with E-state index in [9.17, 15) is 4.79 Å². The van der Waals surface area contributed by atoms with Crippen LogP contribution in [-0.4, -0.2) is 47.2 Å². The van der Waals surface area contributed by atoms with Crippen LogP contribution in [0.5, 0.6) is 0 Å². The standard InChI is InChI=1S/C20H24N4O/c25-20(24-14-4-5-15-24)17-8-6-16(7-9-17)18-10-11-19(22-21-18)23-12-2-1-3-13-23/h6-11H,1-5,12-15H2. The number of amides is 1. The number of benzene rings is 1. The van der Waals surface area contributed by atoms with Crippen molar-refractivity contribution in [1.29, 1.82) is 0 Å². The summed E-state index contributed by atoms with van der Waals surface area (Å²) in [4.78, 5) is 16.6. The first kappa shape index (κ1) is 16.1. The molecular weight excluding hydrogens is 312 g/mol. The zero-order valence-corrected chi connectivity index (χ0v) is 14.5. The summed E-state index contributed by atoms with van der Waals surface area (Å²) in [5.74, 6) is 1.10. The van der Waals surface area contributed by atoms with E-state index in [0.717, 1.165) is 61.7 Å². The van der Waals surface area contributed by atoms with Crippen LogP contribution in [-0.2, 0) is 0 Å². The van der Waals surface area contributed by atoms with Gasteiger partial charge in [0.05, 0.1) is 5.69 Å². The third-order valence-electron chi connectivity index (χ3n) is 5.15. The molecule has 1 amide bonds. The minimum Gasteiger partial charge on any atom is -0.355 e. The molecule has 0 bridgehead atoms. The van der Waals surface area contributed by atoms with E-state index >= 15 is 0 Å². The highest BCUT2D eigenvalue weighted by molar-refractivity contribution is 5.94. The summed E-state index contributed by atoms with van der Waals surface area (Å²) in [5, 5.41) is 8.79. The van der Waals surface area contributed by atoms with Crippen molar-refractivity contribution in [1.82, 2.24) is 15.1 Å². The quantitative estimate of drug-likeness (QED) is 0.862. The number of carbonyl (C=O) groups excluding carboxylic acids is 1. The molecule has 2 aliphatic rings. The smallest absolute Gasteiger partial charge is 0.253 e. The average Bonchev–Trinajstić information content (AvgIpc) is 3.23. The Balaban J connectivity index is 1.47. The molecule has 0 aliphatic carbocycles. The summed E-state index contributed by atoms with van der Waals surface area (Å²) in [6.45, 7) is 3.90. The lowest BCUT2D eigenvalue weighted by Gasteiger charge is -2.27. The van der Waals surface area contributed by atoms with Crippen LogP contribution in [0.4, 0.5) is 5.82 Å². The molecule has 0 spiro atoms. The molecule has 25 heavy (non-hydrogen) atoms. The lowest BCUT2D eigenvalue weighted by Crippen LogP contribution is -2.30. The Kier molecular flexibility index (Phi) is 4.63. The Morgan fingerprint density at radius 1 is 0.760 bits per heavy atom. The zero-order valence-electron chi connectivity index (χ0n) is 14.5. The van der Waals surface area contributed by atoms with Crippen molar-refractivity contribution in [2.24, 2.45) is 0 Å². The predicted molar refractivity (Wildman–Crippen MR) is 98.7 cm³/mol. The number of piperidine rings is 1. The second kappa shape index (κ2) is 7.21. The van der Waals surface area contributed by atoms with E-state index in [0.29, 0.717) is 0 Å². The van der Waals surface area contributed by atoms with Gasteiger partial charge in [0, 0.05) is 37.3 Å². The van der Waals surface area contributed by atoms with Crippen LogP contribution < -0.4 is 4.90 Å². The largest absolute Gasteiger partial charge is 0.355 e. The molecule has 2 aliphatic heterocycles. The van der Waals surface area contributed by atoms with Crippen LogP contribution in [0, 0.1) is 0 Å². The second-order valence-corrected chi connectivity index (χ2v) is 6.90. The highest BCUT2D eigenvalue weighted by Crippen LogP contribution is 2.22. The molecule has 2 saturated heterocycles. The normalized spacial score (nSPS) is 17.8. The van der Waals surface area contributed by atoms with Gasteiger partial charge in [-0.25, -0.2) is 0 Å². The number of anilines is 1. The van der Waals surface area contributed by atoms with Crippen molar-refractivity contribution in [2.45, 2.75) is 32.1 Å². The maximum atomic E-state index is 12.4. The molecule has 4 rings (SSSR count). The van der Waals surface area contributed by atoms with Crippen molar-refractivity contribution in [3.05, 3.63) is 42.0 Å². The van der Waals surface area contributed by atoms with Gasteiger partial charge >= 0.3 is 0 Å². The van der Waals surface area contributed by atoms with Gasteiger partial charge in [-0.3, -0.25) is 4.79 Å². The Bertz CT molecular complexity index is 714. The van der Waals surface area contributed by atoms with E-state index < -0.39 is 0 Å². The fourth-order valence-corrected chi connectivity index (χ4v) is 3.66. The van der Waals surface area contributed by atoms with Gasteiger partial charge < -0.3 is 9.80 Å². The number of carbonyl (C=O) groups is 1. The number of nitrogens with zero attached hydrogens (tertiary/aromatic N) is 4. The highest BCUT2D eigenvalue weighted by Gasteiger charge is 2.19. The van der Waals surface area contributed by atoms with Gasteiger partial charge in [-0.05, 0) is 56.4 Å². The van der Waals surface area contributed by atoms with Crippen molar-refractivity contribution >= 4 is 11.7 Å². The van der Waals surface area contributed by atoms with Crippen LogP contribution >= 0.6 is 0 Å². The van der Waals surface area contributed by atoms with E-state index in [4.69, 9.17) is 0 Å². The van der Waals surface area contributed by atoms with E-state index in [1.54, 1.807) is 0 Å². The maximum Gasteiger partial charge on any atom is 0.253 e. The Morgan fingerprint density at radius 3 is 2.08 bits per heavy atom. The van der Waals surface area contributed by atoms with Crippen LogP contribution in [0.2, 0.25) is 0 Å². The van der Waals surface area contributed by atoms with Crippen LogP contribution in [0.15, 0.2) is 36.4 Å².